The van der Waals surface area contributed by atoms with Gasteiger partial charge in [-0.15, -0.1) is 0 Å². The number of rotatable bonds is 19. The zero-order valence-corrected chi connectivity index (χ0v) is 25.6. The molecule has 0 bridgehead atoms. The second kappa shape index (κ2) is 18.3. The van der Waals surface area contributed by atoms with Crippen LogP contribution in [0.5, 0.6) is 11.5 Å². The lowest BCUT2D eigenvalue weighted by Crippen LogP contribution is -2.33. The maximum atomic E-state index is 11.7. The summed E-state index contributed by atoms with van der Waals surface area (Å²) in [4.78, 5) is 22.8. The number of carbonyl (C=O) groups is 2. The van der Waals surface area contributed by atoms with Crippen LogP contribution in [0.3, 0.4) is 0 Å². The smallest absolute Gasteiger partial charge is 0.335 e. The van der Waals surface area contributed by atoms with Crippen LogP contribution in [0.25, 0.3) is 0 Å². The first-order valence-corrected chi connectivity index (χ1v) is 16.0. The van der Waals surface area contributed by atoms with E-state index in [1.807, 2.05) is 12.1 Å². The van der Waals surface area contributed by atoms with Crippen LogP contribution >= 0.6 is 0 Å². The minimum Gasteiger partial charge on any atom is -0.494 e. The Kier molecular flexibility index (Phi) is 14.4. The van der Waals surface area contributed by atoms with Crippen molar-refractivity contribution in [2.75, 3.05) is 13.2 Å². The van der Waals surface area contributed by atoms with Gasteiger partial charge < -0.3 is 14.2 Å². The second-order valence-corrected chi connectivity index (χ2v) is 11.5. The minimum atomic E-state index is -0.443. The first kappa shape index (κ1) is 33.2. The second-order valence-electron chi connectivity index (χ2n) is 11.5. The zero-order chi connectivity index (χ0) is 30.0. The van der Waals surface area contributed by atoms with Crippen molar-refractivity contribution in [3.05, 3.63) is 85.0 Å². The Morgan fingerprint density at radius 1 is 0.738 bits per heavy atom. The molecule has 0 saturated heterocycles. The first-order chi connectivity index (χ1) is 20.5. The van der Waals surface area contributed by atoms with Crippen molar-refractivity contribution >= 4 is 11.9 Å². The maximum Gasteiger partial charge on any atom is 0.335 e. The van der Waals surface area contributed by atoms with Crippen LogP contribution in [-0.4, -0.2) is 25.2 Å². The Balaban J connectivity index is 1.60. The molecule has 42 heavy (non-hydrogen) atoms. The number of hydrogen-bond acceptors (Lipinski definition) is 5. The normalized spacial score (nSPS) is 18.2. The molecule has 0 atom stereocenters. The number of hydrogen-bond donors (Lipinski definition) is 0. The lowest BCUT2D eigenvalue weighted by Gasteiger charge is -2.41. The van der Waals surface area contributed by atoms with Gasteiger partial charge in [-0.05, 0) is 92.7 Å². The highest BCUT2D eigenvalue weighted by atomic mass is 16.5. The molecule has 5 nitrogen and oxygen atoms in total. The number of carbonyl (C=O) groups excluding carboxylic acids is 2. The Labute approximate surface area is 253 Å². The summed E-state index contributed by atoms with van der Waals surface area (Å²) in [5, 5.41) is 0. The lowest BCUT2D eigenvalue weighted by atomic mass is 9.62. The van der Waals surface area contributed by atoms with Crippen LogP contribution in [0.15, 0.2) is 73.8 Å². The van der Waals surface area contributed by atoms with E-state index >= 15 is 0 Å². The van der Waals surface area contributed by atoms with Crippen molar-refractivity contribution in [3.8, 4) is 11.5 Å². The van der Waals surface area contributed by atoms with Crippen molar-refractivity contribution in [2.24, 2.45) is 5.92 Å². The lowest BCUT2D eigenvalue weighted by molar-refractivity contribution is -0.137. The number of ether oxygens (including phenoxy) is 3. The van der Waals surface area contributed by atoms with E-state index in [-0.39, 0.29) is 11.4 Å². The van der Waals surface area contributed by atoms with Crippen molar-refractivity contribution in [1.82, 2.24) is 0 Å². The molecule has 0 unspecified atom stereocenters. The summed E-state index contributed by atoms with van der Waals surface area (Å²) in [6.07, 6.45) is 18.9. The monoisotopic (exact) mass is 574 g/mol. The fourth-order valence-electron chi connectivity index (χ4n) is 6.09. The summed E-state index contributed by atoms with van der Waals surface area (Å²) in [5.41, 5.74) is 2.53. The van der Waals surface area contributed by atoms with Crippen LogP contribution in [-0.2, 0) is 19.7 Å². The summed E-state index contributed by atoms with van der Waals surface area (Å²) in [5.74, 6) is 1.42. The van der Waals surface area contributed by atoms with Crippen LogP contribution in [0, 0.1) is 5.92 Å². The van der Waals surface area contributed by atoms with Gasteiger partial charge in [0.15, 0.2) is 0 Å². The zero-order valence-electron chi connectivity index (χ0n) is 25.6. The van der Waals surface area contributed by atoms with E-state index < -0.39 is 5.97 Å². The van der Waals surface area contributed by atoms with Crippen LogP contribution in [0.1, 0.15) is 108 Å². The molecule has 1 saturated carbocycles. The topological polar surface area (TPSA) is 61.8 Å². The Morgan fingerprint density at radius 2 is 1.29 bits per heavy atom. The molecule has 5 heteroatoms. The largest absolute Gasteiger partial charge is 0.494 e. The summed E-state index contributed by atoms with van der Waals surface area (Å²) in [6, 6.07) is 16.7. The maximum absolute atomic E-state index is 11.7. The van der Waals surface area contributed by atoms with E-state index in [0.717, 1.165) is 50.2 Å². The quantitative estimate of drug-likeness (QED) is 0.0724. The van der Waals surface area contributed by atoms with Gasteiger partial charge in [-0.3, -0.25) is 0 Å². The number of esters is 2. The average Bonchev–Trinajstić information content (AvgIpc) is 3.03. The summed E-state index contributed by atoms with van der Waals surface area (Å²) in [7, 11) is 0. The fourth-order valence-corrected chi connectivity index (χ4v) is 6.09. The Hall–Kier alpha value is -3.34. The molecular formula is C37H50O5. The van der Waals surface area contributed by atoms with Crippen molar-refractivity contribution in [2.45, 2.75) is 102 Å². The van der Waals surface area contributed by atoms with Crippen molar-refractivity contribution < 1.29 is 23.8 Å². The minimum absolute atomic E-state index is 0.0622. The third kappa shape index (κ3) is 10.5. The van der Waals surface area contributed by atoms with Crippen LogP contribution < -0.4 is 9.47 Å². The molecule has 1 fully saturated rings. The predicted molar refractivity (Wildman–Crippen MR) is 170 cm³/mol. The summed E-state index contributed by atoms with van der Waals surface area (Å²) >= 11 is 0. The highest BCUT2D eigenvalue weighted by molar-refractivity contribution is 5.83. The molecule has 3 rings (SSSR count). The fraction of sp³-hybridized carbons (Fsp3) is 0.514. The molecular weight excluding hydrogens is 524 g/mol. The van der Waals surface area contributed by atoms with Gasteiger partial charge >= 0.3 is 11.9 Å². The van der Waals surface area contributed by atoms with Gasteiger partial charge in [0.1, 0.15) is 11.5 Å². The predicted octanol–water partition coefficient (Wildman–Crippen LogP) is 9.28. The molecule has 2 aromatic rings. The van der Waals surface area contributed by atoms with Crippen molar-refractivity contribution in [1.29, 1.82) is 0 Å². The third-order valence-electron chi connectivity index (χ3n) is 8.59. The van der Waals surface area contributed by atoms with Gasteiger partial charge in [0, 0.05) is 17.6 Å². The average molecular weight is 575 g/mol. The highest BCUT2D eigenvalue weighted by Gasteiger charge is 2.38. The third-order valence-corrected chi connectivity index (χ3v) is 8.59. The first-order valence-electron chi connectivity index (χ1n) is 16.0. The molecule has 0 spiro atoms. The van der Waals surface area contributed by atoms with E-state index in [1.165, 1.54) is 74.6 Å². The molecule has 0 radical (unpaired) electrons. The summed E-state index contributed by atoms with van der Waals surface area (Å²) in [6.45, 7) is 10.3. The molecule has 0 aliphatic heterocycles. The molecule has 0 N–H and O–H groups in total. The molecule has 228 valence electrons. The highest BCUT2D eigenvalue weighted by Crippen LogP contribution is 2.48. The van der Waals surface area contributed by atoms with Gasteiger partial charge in [0.2, 0.25) is 0 Å². The van der Waals surface area contributed by atoms with E-state index in [9.17, 15) is 9.59 Å². The molecule has 1 aliphatic rings. The van der Waals surface area contributed by atoms with Gasteiger partial charge in [0.05, 0.1) is 13.2 Å². The molecule has 0 amide bonds. The Bertz CT molecular complexity index is 1090. The van der Waals surface area contributed by atoms with Gasteiger partial charge in [-0.25, -0.2) is 9.59 Å². The van der Waals surface area contributed by atoms with Gasteiger partial charge in [-0.1, -0.05) is 82.9 Å². The standard InChI is InChI=1S/C37H50O5/c1-4-7-8-9-12-15-30-24-26-37(27-25-30,32-18-22-34(23-19-32)42-36(39)6-3)31-16-20-33(21-17-31)40-28-13-10-11-14-29-41-35(38)5-2/h5-6,16-23,30H,2-4,7-15,24-29H2,1H3. The van der Waals surface area contributed by atoms with E-state index in [4.69, 9.17) is 14.2 Å². The van der Waals surface area contributed by atoms with E-state index in [1.54, 1.807) is 0 Å². The number of benzene rings is 2. The molecule has 0 aromatic heterocycles. The van der Waals surface area contributed by atoms with Gasteiger partial charge in [0.25, 0.3) is 0 Å². The van der Waals surface area contributed by atoms with E-state index in [2.05, 4.69) is 56.5 Å². The van der Waals surface area contributed by atoms with Gasteiger partial charge in [-0.2, -0.15) is 0 Å². The number of unbranched alkanes of at least 4 members (excludes halogenated alkanes) is 7. The molecule has 2 aromatic carbocycles. The van der Waals surface area contributed by atoms with Crippen LogP contribution in [0.2, 0.25) is 0 Å². The van der Waals surface area contributed by atoms with E-state index in [0.29, 0.717) is 19.0 Å². The SMILES string of the molecule is C=CC(=O)OCCCCCCOc1ccc(C2(c3ccc(OC(=O)C=C)cc3)CCC(CCCCCCC)CC2)cc1. The molecule has 0 heterocycles. The summed E-state index contributed by atoms with van der Waals surface area (Å²) < 4.78 is 16.4. The van der Waals surface area contributed by atoms with Crippen LogP contribution in [0.4, 0.5) is 0 Å². The van der Waals surface area contributed by atoms with Crippen molar-refractivity contribution in [3.63, 3.8) is 0 Å². The Morgan fingerprint density at radius 3 is 1.88 bits per heavy atom. The molecule has 1 aliphatic carbocycles.